The van der Waals surface area contributed by atoms with Crippen molar-refractivity contribution in [1.82, 2.24) is 4.78 Å². The molecular weight excluding hydrogens is 87.0 g/mol. The molecule has 4 heteroatoms. The molecule has 0 aliphatic carbocycles. The van der Waals surface area contributed by atoms with Crippen LogP contribution in [0.5, 0.6) is 0 Å². The minimum Gasteiger partial charge on any atom is -0.277 e. The molecular formula is CH5N2OP. The van der Waals surface area contributed by atoms with E-state index in [1.54, 1.807) is 0 Å². The van der Waals surface area contributed by atoms with Gasteiger partial charge in [-0.15, -0.1) is 0 Å². The summed E-state index contributed by atoms with van der Waals surface area (Å²) in [5, 5.41) is 0. The summed E-state index contributed by atoms with van der Waals surface area (Å²) in [6, 6.07) is 0. The average Bonchev–Trinajstić information content (AvgIpc) is 1.38. The minimum absolute atomic E-state index is 0.491. The first-order valence-corrected chi connectivity index (χ1v) is 1.53. The number of hydrogen-bond acceptors (Lipinski definition) is 2. The number of nitrogens with two attached hydrogens (primary N) is 1. The Bertz CT molecular complexity index is 36.6. The van der Waals surface area contributed by atoms with E-state index < -0.39 is 0 Å². The van der Waals surface area contributed by atoms with E-state index in [2.05, 4.69) is 0 Å². The molecule has 5 heavy (non-hydrogen) atoms. The Labute approximate surface area is 32.4 Å². The Morgan fingerprint density at radius 2 is 2.20 bits per heavy atom. The zero-order valence-electron chi connectivity index (χ0n) is 2.59. The van der Waals surface area contributed by atoms with Gasteiger partial charge in [0, 0.05) is 0 Å². The minimum atomic E-state index is 0.491. The van der Waals surface area contributed by atoms with Crippen molar-refractivity contribution < 1.29 is 4.79 Å². The summed E-state index contributed by atoms with van der Waals surface area (Å²) in [5.74, 6) is 4.72. The molecule has 0 aromatic rings. The molecule has 3 nitrogen and oxygen atoms in total. The van der Waals surface area contributed by atoms with Crippen molar-refractivity contribution in [2.45, 2.75) is 0 Å². The fourth-order valence-corrected chi connectivity index (χ4v) is 0. The second kappa shape index (κ2) is 2.12. The van der Waals surface area contributed by atoms with Gasteiger partial charge in [0.1, 0.15) is 0 Å². The smallest absolute Gasteiger partial charge is 0.226 e. The Hall–Kier alpha value is -0.140. The van der Waals surface area contributed by atoms with Gasteiger partial charge in [-0.2, -0.15) is 0 Å². The van der Waals surface area contributed by atoms with Crippen molar-refractivity contribution in [3.63, 3.8) is 0 Å². The van der Waals surface area contributed by atoms with E-state index in [0.29, 0.717) is 6.41 Å². The highest BCUT2D eigenvalue weighted by Gasteiger charge is 1.68. The second-order valence-corrected chi connectivity index (χ2v) is 1.15. The summed E-state index contributed by atoms with van der Waals surface area (Å²) in [6.07, 6.45) is 0.491. The molecule has 0 spiro atoms. The molecule has 0 fully saturated rings. The van der Waals surface area contributed by atoms with Gasteiger partial charge in [0.25, 0.3) is 0 Å². The highest BCUT2D eigenvalue weighted by molar-refractivity contribution is 7.14. The lowest BCUT2D eigenvalue weighted by molar-refractivity contribution is -0.113. The van der Waals surface area contributed by atoms with Crippen LogP contribution in [0, 0.1) is 0 Å². The van der Waals surface area contributed by atoms with Crippen molar-refractivity contribution in [3.8, 4) is 0 Å². The molecule has 1 amide bonds. The van der Waals surface area contributed by atoms with Crippen LogP contribution in [0.25, 0.3) is 0 Å². The van der Waals surface area contributed by atoms with Gasteiger partial charge < -0.3 is 0 Å². The van der Waals surface area contributed by atoms with Gasteiger partial charge in [0.2, 0.25) is 6.41 Å². The molecule has 0 aromatic heterocycles. The maximum absolute atomic E-state index is 9.28. The van der Waals surface area contributed by atoms with Crippen molar-refractivity contribution in [2.75, 3.05) is 0 Å². The average molecular weight is 92.0 g/mol. The molecule has 0 saturated heterocycles. The highest BCUT2D eigenvalue weighted by Crippen LogP contribution is 1.75. The third-order valence-electron chi connectivity index (χ3n) is 0.122. The topological polar surface area (TPSA) is 46.3 Å². The Morgan fingerprint density at radius 3 is 2.20 bits per heavy atom. The van der Waals surface area contributed by atoms with Gasteiger partial charge in [-0.1, -0.05) is 0 Å². The van der Waals surface area contributed by atoms with Crippen LogP contribution in [-0.2, 0) is 4.79 Å². The molecule has 1 unspecified atom stereocenters. The molecule has 0 radical (unpaired) electrons. The first kappa shape index (κ1) is 4.86. The van der Waals surface area contributed by atoms with Crippen LogP contribution in [0.4, 0.5) is 0 Å². The van der Waals surface area contributed by atoms with E-state index in [0.717, 1.165) is 4.78 Å². The first-order valence-electron chi connectivity index (χ1n) is 1.01. The Morgan fingerprint density at radius 1 is 2.00 bits per heavy atom. The first-order chi connectivity index (χ1) is 2.27. The second-order valence-electron chi connectivity index (χ2n) is 0.553. The molecule has 0 bridgehead atoms. The number of rotatable bonds is 1. The van der Waals surface area contributed by atoms with Gasteiger partial charge >= 0.3 is 0 Å². The lowest BCUT2D eigenvalue weighted by Gasteiger charge is -1.93. The van der Waals surface area contributed by atoms with E-state index in [1.165, 1.54) is 0 Å². The fraction of sp³-hybridized carbons (Fsp3) is 0. The Kier molecular flexibility index (Phi) is 2.06. The molecule has 1 atom stereocenters. The SMILES string of the molecule is NN(P)C=O. The monoisotopic (exact) mass is 92.0 g/mol. The van der Waals surface area contributed by atoms with Crippen molar-refractivity contribution in [3.05, 3.63) is 0 Å². The van der Waals surface area contributed by atoms with Crippen LogP contribution in [0.3, 0.4) is 0 Å². The summed E-state index contributed by atoms with van der Waals surface area (Å²) >= 11 is 0. The number of carbonyl (C=O) groups is 1. The summed E-state index contributed by atoms with van der Waals surface area (Å²) < 4.78 is 0.861. The predicted molar refractivity (Wildman–Crippen MR) is 21.8 cm³/mol. The molecule has 30 valence electrons. The standard InChI is InChI=1S/CH5N2OP/c2-3(5)1-4/h1H,2,5H2. The van der Waals surface area contributed by atoms with Gasteiger partial charge in [0.05, 0.1) is 0 Å². The molecule has 0 aliphatic heterocycles. The third-order valence-corrected chi connectivity index (χ3v) is 0.243. The predicted octanol–water partition coefficient (Wildman–Crippen LogP) is -0.891. The molecule has 0 heterocycles. The number of amides is 1. The number of hydrazine groups is 1. The van der Waals surface area contributed by atoms with Crippen LogP contribution in [0.15, 0.2) is 0 Å². The molecule has 0 rings (SSSR count). The third kappa shape index (κ3) is 3.86. The molecule has 2 N–H and O–H groups in total. The number of nitrogens with zero attached hydrogens (tertiary/aromatic N) is 1. The lowest BCUT2D eigenvalue weighted by Crippen LogP contribution is -2.15. The van der Waals surface area contributed by atoms with Crippen LogP contribution in [0.1, 0.15) is 0 Å². The lowest BCUT2D eigenvalue weighted by atomic mass is 11.4. The normalized spacial score (nSPS) is 6.80. The van der Waals surface area contributed by atoms with Gasteiger partial charge in [-0.25, -0.2) is 5.84 Å². The fourth-order valence-electron chi connectivity index (χ4n) is 0. The van der Waals surface area contributed by atoms with Crippen LogP contribution < -0.4 is 5.84 Å². The largest absolute Gasteiger partial charge is 0.277 e. The maximum Gasteiger partial charge on any atom is 0.226 e. The van der Waals surface area contributed by atoms with E-state index in [-0.39, 0.29) is 0 Å². The zero-order chi connectivity index (χ0) is 4.28. The summed E-state index contributed by atoms with van der Waals surface area (Å²) in [5.41, 5.74) is 0. The molecule has 0 aromatic carbocycles. The van der Waals surface area contributed by atoms with E-state index in [9.17, 15) is 4.79 Å². The van der Waals surface area contributed by atoms with Gasteiger partial charge in [-0.05, 0) is 9.39 Å². The quantitative estimate of drug-likeness (QED) is 0.150. The molecule has 0 aliphatic rings. The van der Waals surface area contributed by atoms with Gasteiger partial charge in [-0.3, -0.25) is 9.57 Å². The van der Waals surface area contributed by atoms with Crippen LogP contribution >= 0.6 is 9.39 Å². The number of carbonyl (C=O) groups excluding carboxylic acids is 1. The van der Waals surface area contributed by atoms with E-state index in [4.69, 9.17) is 5.84 Å². The number of hydrogen-bond donors (Lipinski definition) is 1. The van der Waals surface area contributed by atoms with E-state index in [1.807, 2.05) is 9.39 Å². The highest BCUT2D eigenvalue weighted by atomic mass is 31.0. The molecule has 0 saturated carbocycles. The van der Waals surface area contributed by atoms with E-state index >= 15 is 0 Å². The Balaban J connectivity index is 2.83. The summed E-state index contributed by atoms with van der Waals surface area (Å²) in [6.45, 7) is 0. The van der Waals surface area contributed by atoms with Crippen molar-refractivity contribution >= 4 is 15.8 Å². The summed E-state index contributed by atoms with van der Waals surface area (Å²) in [4.78, 5) is 9.28. The summed E-state index contributed by atoms with van der Waals surface area (Å²) in [7, 11) is 1.98. The van der Waals surface area contributed by atoms with Crippen LogP contribution in [-0.4, -0.2) is 11.2 Å². The maximum atomic E-state index is 9.28. The van der Waals surface area contributed by atoms with Gasteiger partial charge in [0.15, 0.2) is 0 Å². The zero-order valence-corrected chi connectivity index (χ0v) is 3.74. The van der Waals surface area contributed by atoms with Crippen LogP contribution in [0.2, 0.25) is 0 Å². The van der Waals surface area contributed by atoms with Crippen molar-refractivity contribution in [2.24, 2.45) is 5.84 Å². The van der Waals surface area contributed by atoms with Crippen molar-refractivity contribution in [1.29, 1.82) is 0 Å².